The number of sulfonamides is 1. The van der Waals surface area contributed by atoms with E-state index in [4.69, 9.17) is 26.2 Å². The minimum Gasteiger partial charge on any atom is -0.497 e. The molecule has 0 spiro atoms. The second kappa shape index (κ2) is 9.30. The largest absolute Gasteiger partial charge is 0.497 e. The van der Waals surface area contributed by atoms with E-state index in [-0.39, 0.29) is 26.9 Å². The highest BCUT2D eigenvalue weighted by atomic mass is 35.5. The molecule has 1 amide bonds. The number of carbonyl (C=O) groups excluding carboxylic acids is 1. The van der Waals surface area contributed by atoms with Crippen LogP contribution in [0.5, 0.6) is 17.2 Å². The average Bonchev–Trinajstić information content (AvgIpc) is 2.74. The Balaban J connectivity index is 2.00. The first-order chi connectivity index (χ1) is 15.4. The van der Waals surface area contributed by atoms with Gasteiger partial charge in [-0.25, -0.2) is 13.6 Å². The van der Waals surface area contributed by atoms with Gasteiger partial charge in [-0.1, -0.05) is 17.7 Å². The number of hydrogen-bond acceptors (Lipinski definition) is 5. The van der Waals surface area contributed by atoms with Gasteiger partial charge in [0.1, 0.15) is 17.2 Å². The Labute approximate surface area is 191 Å². The number of rotatable bonds is 6. The molecule has 3 rings (SSSR count). The van der Waals surface area contributed by atoms with E-state index in [0.717, 1.165) is 18.2 Å². The van der Waals surface area contributed by atoms with Crippen LogP contribution in [0.1, 0.15) is 15.9 Å². The van der Waals surface area contributed by atoms with Crippen molar-refractivity contribution in [3.05, 3.63) is 76.8 Å². The summed E-state index contributed by atoms with van der Waals surface area (Å²) in [6, 6.07) is 11.6. The summed E-state index contributed by atoms with van der Waals surface area (Å²) in [5.41, 5.74) is -1.24. The van der Waals surface area contributed by atoms with Crippen molar-refractivity contribution in [2.45, 2.75) is 11.1 Å². The fourth-order valence-electron chi connectivity index (χ4n) is 2.73. The number of nitrogens with one attached hydrogen (secondary N) is 1. The number of carbonyl (C=O) groups is 1. The van der Waals surface area contributed by atoms with Gasteiger partial charge < -0.3 is 14.8 Å². The molecule has 3 aromatic carbocycles. The quantitative estimate of drug-likeness (QED) is 0.492. The van der Waals surface area contributed by atoms with Gasteiger partial charge in [0.25, 0.3) is 5.91 Å². The summed E-state index contributed by atoms with van der Waals surface area (Å²) < 4.78 is 73.4. The van der Waals surface area contributed by atoms with Crippen molar-refractivity contribution in [2.75, 3.05) is 12.4 Å². The fourth-order valence-corrected chi connectivity index (χ4v) is 3.50. The highest BCUT2D eigenvalue weighted by Crippen LogP contribution is 2.38. The Hall–Kier alpha value is -3.28. The molecule has 12 heteroatoms. The maximum atomic E-state index is 13.3. The van der Waals surface area contributed by atoms with Crippen LogP contribution in [0.2, 0.25) is 5.02 Å². The number of alkyl halides is 3. The highest BCUT2D eigenvalue weighted by molar-refractivity contribution is 7.89. The van der Waals surface area contributed by atoms with Gasteiger partial charge >= 0.3 is 6.18 Å². The predicted molar refractivity (Wildman–Crippen MR) is 115 cm³/mol. The van der Waals surface area contributed by atoms with Gasteiger partial charge in [0.15, 0.2) is 0 Å². The SMILES string of the molecule is COc1ccc(Oc2cc(C(F)(F)F)ccc2C(=O)Nc2cccc(S(N)(=O)=O)c2)c(Cl)c1. The molecule has 0 unspecified atom stereocenters. The number of primary sulfonamides is 1. The topological polar surface area (TPSA) is 108 Å². The molecule has 3 aromatic rings. The Morgan fingerprint density at radius 3 is 2.36 bits per heavy atom. The standard InChI is InChI=1S/C21H16ClF3N2O5S/c1-31-14-6-8-18(17(22)11-14)32-19-9-12(21(23,24)25)5-7-16(19)20(28)27-13-3-2-4-15(10-13)33(26,29)30/h2-11H,1H3,(H,27,28)(H2,26,29,30). The number of methoxy groups -OCH3 is 1. The lowest BCUT2D eigenvalue weighted by atomic mass is 10.1. The lowest BCUT2D eigenvalue weighted by molar-refractivity contribution is -0.137. The van der Waals surface area contributed by atoms with E-state index in [0.29, 0.717) is 11.8 Å². The summed E-state index contributed by atoms with van der Waals surface area (Å²) >= 11 is 6.11. The van der Waals surface area contributed by atoms with Gasteiger partial charge in [0.05, 0.1) is 28.2 Å². The maximum absolute atomic E-state index is 13.3. The van der Waals surface area contributed by atoms with E-state index in [1.54, 1.807) is 0 Å². The second-order valence-electron chi connectivity index (χ2n) is 6.63. The third kappa shape index (κ3) is 5.95. The second-order valence-corrected chi connectivity index (χ2v) is 8.60. The number of hydrogen-bond donors (Lipinski definition) is 2. The number of amides is 1. The lowest BCUT2D eigenvalue weighted by Crippen LogP contribution is -2.16. The summed E-state index contributed by atoms with van der Waals surface area (Å²) in [6.45, 7) is 0. The van der Waals surface area contributed by atoms with E-state index in [1.165, 1.54) is 43.5 Å². The van der Waals surface area contributed by atoms with Gasteiger partial charge in [-0.05, 0) is 48.5 Å². The third-order valence-corrected chi connectivity index (χ3v) is 5.54. The summed E-state index contributed by atoms with van der Waals surface area (Å²) in [7, 11) is -2.62. The molecule has 0 radical (unpaired) electrons. The highest BCUT2D eigenvalue weighted by Gasteiger charge is 2.32. The van der Waals surface area contributed by atoms with Crippen molar-refractivity contribution in [2.24, 2.45) is 5.14 Å². The van der Waals surface area contributed by atoms with Gasteiger partial charge in [-0.3, -0.25) is 4.79 Å². The summed E-state index contributed by atoms with van der Waals surface area (Å²) in [4.78, 5) is 12.6. The predicted octanol–water partition coefficient (Wildman–Crippen LogP) is 5.06. The van der Waals surface area contributed by atoms with Crippen molar-refractivity contribution in [1.82, 2.24) is 0 Å². The first-order valence-corrected chi connectivity index (χ1v) is 11.0. The molecule has 0 saturated carbocycles. The molecule has 0 atom stereocenters. The number of nitrogens with two attached hydrogens (primary N) is 1. The first kappa shape index (κ1) is 24.4. The van der Waals surface area contributed by atoms with Gasteiger partial charge in [0, 0.05) is 11.8 Å². The molecule has 0 aromatic heterocycles. The number of ether oxygens (including phenoxy) is 2. The van der Waals surface area contributed by atoms with Gasteiger partial charge in [-0.2, -0.15) is 13.2 Å². The van der Waals surface area contributed by atoms with Crippen molar-refractivity contribution in [3.8, 4) is 17.2 Å². The van der Waals surface area contributed by atoms with E-state index < -0.39 is 33.4 Å². The first-order valence-electron chi connectivity index (χ1n) is 9.05. The Kier molecular flexibility index (Phi) is 6.86. The molecule has 7 nitrogen and oxygen atoms in total. The lowest BCUT2D eigenvalue weighted by Gasteiger charge is -2.16. The zero-order valence-corrected chi connectivity index (χ0v) is 18.4. The summed E-state index contributed by atoms with van der Waals surface area (Å²) in [5.74, 6) is -0.891. The van der Waals surface area contributed by atoms with Crippen LogP contribution in [0.4, 0.5) is 18.9 Å². The van der Waals surface area contributed by atoms with Crippen LogP contribution in [-0.4, -0.2) is 21.4 Å². The molecule has 174 valence electrons. The van der Waals surface area contributed by atoms with Crippen LogP contribution in [0, 0.1) is 0 Å². The van der Waals surface area contributed by atoms with E-state index in [9.17, 15) is 26.4 Å². The normalized spacial score (nSPS) is 11.7. The molecular weight excluding hydrogens is 485 g/mol. The minimum absolute atomic E-state index is 0.0120. The van der Waals surface area contributed by atoms with Crippen LogP contribution >= 0.6 is 11.6 Å². The fraction of sp³-hybridized carbons (Fsp3) is 0.0952. The zero-order valence-electron chi connectivity index (χ0n) is 16.8. The van der Waals surface area contributed by atoms with Crippen molar-refractivity contribution in [1.29, 1.82) is 0 Å². The molecule has 3 N–H and O–H groups in total. The van der Waals surface area contributed by atoms with Crippen LogP contribution in [-0.2, 0) is 16.2 Å². The molecule has 33 heavy (non-hydrogen) atoms. The molecule has 0 aliphatic rings. The van der Waals surface area contributed by atoms with E-state index in [1.807, 2.05) is 0 Å². The molecular formula is C21H16ClF3N2O5S. The average molecular weight is 501 g/mol. The van der Waals surface area contributed by atoms with E-state index in [2.05, 4.69) is 5.32 Å². The Morgan fingerprint density at radius 2 is 1.76 bits per heavy atom. The molecule has 0 aliphatic heterocycles. The summed E-state index contributed by atoms with van der Waals surface area (Å²) in [5, 5.41) is 7.54. The Bertz CT molecular complexity index is 1310. The van der Waals surface area contributed by atoms with Crippen LogP contribution in [0.15, 0.2) is 65.6 Å². The van der Waals surface area contributed by atoms with Crippen LogP contribution in [0.3, 0.4) is 0 Å². The van der Waals surface area contributed by atoms with Crippen LogP contribution < -0.4 is 19.9 Å². The molecule has 0 aliphatic carbocycles. The van der Waals surface area contributed by atoms with Crippen LogP contribution in [0.25, 0.3) is 0 Å². The molecule has 0 bridgehead atoms. The minimum atomic E-state index is -4.69. The number of halogens is 4. The number of anilines is 1. The van der Waals surface area contributed by atoms with Crippen molar-refractivity contribution >= 4 is 33.2 Å². The van der Waals surface area contributed by atoms with Gasteiger partial charge in [-0.15, -0.1) is 0 Å². The van der Waals surface area contributed by atoms with Gasteiger partial charge in [0.2, 0.25) is 10.0 Å². The monoisotopic (exact) mass is 500 g/mol. The molecule has 0 saturated heterocycles. The van der Waals surface area contributed by atoms with Crippen molar-refractivity contribution in [3.63, 3.8) is 0 Å². The third-order valence-electron chi connectivity index (χ3n) is 4.33. The molecule has 0 fully saturated rings. The summed E-state index contributed by atoms with van der Waals surface area (Å²) in [6.07, 6.45) is -4.69. The van der Waals surface area contributed by atoms with Crippen molar-refractivity contribution < 1.29 is 35.9 Å². The number of benzene rings is 3. The smallest absolute Gasteiger partial charge is 0.416 e. The maximum Gasteiger partial charge on any atom is 0.416 e. The molecule has 0 heterocycles. The zero-order chi connectivity index (χ0) is 24.4. The van der Waals surface area contributed by atoms with E-state index >= 15 is 0 Å². The Morgan fingerprint density at radius 1 is 1.03 bits per heavy atom.